The molecule has 1 saturated heterocycles. The number of esters is 1. The first kappa shape index (κ1) is 19.4. The molecule has 6 nitrogen and oxygen atoms in total. The van der Waals surface area contributed by atoms with Crippen molar-refractivity contribution in [3.05, 3.63) is 29.3 Å². The molecule has 0 radical (unpaired) electrons. The molecule has 0 aromatic heterocycles. The van der Waals surface area contributed by atoms with Gasteiger partial charge in [-0.1, -0.05) is 6.07 Å². The van der Waals surface area contributed by atoms with Gasteiger partial charge in [0.2, 0.25) is 5.91 Å². The van der Waals surface area contributed by atoms with E-state index >= 15 is 0 Å². The van der Waals surface area contributed by atoms with Crippen molar-refractivity contribution in [1.29, 1.82) is 0 Å². The second-order valence-electron chi connectivity index (χ2n) is 5.49. The Morgan fingerprint density at radius 2 is 2.00 bits per heavy atom. The quantitative estimate of drug-likeness (QED) is 0.815. The number of amides is 1. The van der Waals surface area contributed by atoms with Crippen LogP contribution in [-0.4, -0.2) is 38.2 Å². The van der Waals surface area contributed by atoms with Gasteiger partial charge >= 0.3 is 5.97 Å². The van der Waals surface area contributed by atoms with Crippen LogP contribution in [0.1, 0.15) is 28.8 Å². The number of nitrogens with two attached hydrogens (primary N) is 1. The van der Waals surface area contributed by atoms with E-state index in [1.807, 2.05) is 6.92 Å². The maximum absolute atomic E-state index is 12.3. The molecule has 1 unspecified atom stereocenters. The van der Waals surface area contributed by atoms with Crippen molar-refractivity contribution in [3.8, 4) is 0 Å². The van der Waals surface area contributed by atoms with E-state index in [4.69, 9.17) is 15.2 Å². The zero-order valence-corrected chi connectivity index (χ0v) is 14.2. The predicted molar refractivity (Wildman–Crippen MR) is 89.9 cm³/mol. The molecule has 7 heteroatoms. The Bertz CT molecular complexity index is 559. The summed E-state index contributed by atoms with van der Waals surface area (Å²) in [5.41, 5.74) is 7.80. The molecule has 1 aromatic rings. The number of carbonyl (C=O) groups is 2. The summed E-state index contributed by atoms with van der Waals surface area (Å²) in [6.07, 6.45) is 1.58. The van der Waals surface area contributed by atoms with Crippen molar-refractivity contribution in [2.45, 2.75) is 25.8 Å². The Balaban J connectivity index is 0.00000264. The second-order valence-corrected chi connectivity index (χ2v) is 5.49. The highest BCUT2D eigenvalue weighted by atomic mass is 35.5. The summed E-state index contributed by atoms with van der Waals surface area (Å²) in [4.78, 5) is 23.9. The van der Waals surface area contributed by atoms with E-state index < -0.39 is 12.0 Å². The predicted octanol–water partition coefficient (Wildman–Crippen LogP) is 1.90. The Labute approximate surface area is 142 Å². The van der Waals surface area contributed by atoms with E-state index in [9.17, 15) is 9.59 Å². The van der Waals surface area contributed by atoms with Gasteiger partial charge in [-0.2, -0.15) is 0 Å². The number of benzene rings is 1. The van der Waals surface area contributed by atoms with E-state index in [0.29, 0.717) is 24.5 Å². The Morgan fingerprint density at radius 1 is 1.35 bits per heavy atom. The third kappa shape index (κ3) is 4.92. The maximum Gasteiger partial charge on any atom is 0.338 e. The highest BCUT2D eigenvalue weighted by Crippen LogP contribution is 2.20. The highest BCUT2D eigenvalue weighted by Gasteiger charge is 2.26. The minimum Gasteiger partial charge on any atom is -0.465 e. The smallest absolute Gasteiger partial charge is 0.338 e. The van der Waals surface area contributed by atoms with Crippen molar-refractivity contribution >= 4 is 30.0 Å². The van der Waals surface area contributed by atoms with Gasteiger partial charge in [-0.3, -0.25) is 4.79 Å². The molecule has 0 aliphatic carbocycles. The third-order valence-corrected chi connectivity index (χ3v) is 3.99. The van der Waals surface area contributed by atoms with Gasteiger partial charge in [-0.15, -0.1) is 12.4 Å². The first-order valence-corrected chi connectivity index (χ1v) is 7.36. The molecular weight excluding hydrogens is 320 g/mol. The van der Waals surface area contributed by atoms with E-state index in [1.165, 1.54) is 7.11 Å². The van der Waals surface area contributed by atoms with Crippen LogP contribution >= 0.6 is 12.4 Å². The number of nitrogens with one attached hydrogen (secondary N) is 1. The van der Waals surface area contributed by atoms with Crippen LogP contribution < -0.4 is 11.1 Å². The first-order valence-electron chi connectivity index (χ1n) is 7.36. The number of anilines is 1. The van der Waals surface area contributed by atoms with Gasteiger partial charge < -0.3 is 20.5 Å². The number of aryl methyl sites for hydroxylation is 1. The number of methoxy groups -OCH3 is 1. The topological polar surface area (TPSA) is 90.7 Å². The summed E-state index contributed by atoms with van der Waals surface area (Å²) >= 11 is 0. The van der Waals surface area contributed by atoms with Crippen LogP contribution in [0.4, 0.5) is 5.69 Å². The average Bonchev–Trinajstić information content (AvgIpc) is 2.55. The van der Waals surface area contributed by atoms with Gasteiger partial charge in [0.1, 0.15) is 0 Å². The summed E-state index contributed by atoms with van der Waals surface area (Å²) in [6.45, 7) is 3.09. The van der Waals surface area contributed by atoms with Crippen LogP contribution in [0.2, 0.25) is 0 Å². The normalized spacial score (nSPS) is 16.1. The first-order chi connectivity index (χ1) is 10.5. The highest BCUT2D eigenvalue weighted by molar-refractivity contribution is 5.97. The van der Waals surface area contributed by atoms with Gasteiger partial charge in [0.05, 0.1) is 18.7 Å². The van der Waals surface area contributed by atoms with Gasteiger partial charge in [0.15, 0.2) is 0 Å². The number of rotatable bonds is 4. The van der Waals surface area contributed by atoms with E-state index in [-0.39, 0.29) is 24.2 Å². The number of carbonyl (C=O) groups excluding carboxylic acids is 2. The SMILES string of the molecule is COC(=O)c1cc(NC(=O)C(N)C2CCOCC2)ccc1C.Cl. The molecule has 0 spiro atoms. The van der Waals surface area contributed by atoms with E-state index in [2.05, 4.69) is 5.32 Å². The Hall–Kier alpha value is -1.63. The lowest BCUT2D eigenvalue weighted by atomic mass is 9.92. The van der Waals surface area contributed by atoms with Crippen LogP contribution in [0.15, 0.2) is 18.2 Å². The fourth-order valence-corrected chi connectivity index (χ4v) is 2.54. The maximum atomic E-state index is 12.3. The van der Waals surface area contributed by atoms with Crippen LogP contribution in [-0.2, 0) is 14.3 Å². The molecule has 128 valence electrons. The molecule has 1 aromatic carbocycles. The molecule has 0 saturated carbocycles. The van der Waals surface area contributed by atoms with Crippen molar-refractivity contribution in [3.63, 3.8) is 0 Å². The van der Waals surface area contributed by atoms with E-state index in [1.54, 1.807) is 18.2 Å². The van der Waals surface area contributed by atoms with Gasteiger partial charge in [0.25, 0.3) is 0 Å². The Morgan fingerprint density at radius 3 is 2.61 bits per heavy atom. The number of ether oxygens (including phenoxy) is 2. The number of hydrogen-bond acceptors (Lipinski definition) is 5. The van der Waals surface area contributed by atoms with Gasteiger partial charge in [-0.05, 0) is 43.4 Å². The Kier molecular flexibility index (Phi) is 7.48. The van der Waals surface area contributed by atoms with Crippen molar-refractivity contribution in [2.24, 2.45) is 11.7 Å². The zero-order chi connectivity index (χ0) is 16.1. The fourth-order valence-electron chi connectivity index (χ4n) is 2.54. The van der Waals surface area contributed by atoms with Crippen molar-refractivity contribution in [1.82, 2.24) is 0 Å². The van der Waals surface area contributed by atoms with Crippen molar-refractivity contribution in [2.75, 3.05) is 25.6 Å². The molecule has 1 aliphatic heterocycles. The monoisotopic (exact) mass is 342 g/mol. The molecule has 1 aliphatic rings. The average molecular weight is 343 g/mol. The molecule has 3 N–H and O–H groups in total. The molecule has 0 bridgehead atoms. The third-order valence-electron chi connectivity index (χ3n) is 3.99. The van der Waals surface area contributed by atoms with Gasteiger partial charge in [-0.25, -0.2) is 4.79 Å². The molecular formula is C16H23ClN2O4. The summed E-state index contributed by atoms with van der Waals surface area (Å²) in [5.74, 6) is -0.548. The van der Waals surface area contributed by atoms with Crippen LogP contribution in [0, 0.1) is 12.8 Å². The summed E-state index contributed by atoms with van der Waals surface area (Å²) < 4.78 is 10.0. The molecule has 1 amide bonds. The van der Waals surface area contributed by atoms with Gasteiger partial charge in [0, 0.05) is 18.9 Å². The largest absolute Gasteiger partial charge is 0.465 e. The molecule has 1 atom stereocenters. The minimum atomic E-state index is -0.577. The summed E-state index contributed by atoms with van der Waals surface area (Å²) in [6, 6.07) is 4.54. The van der Waals surface area contributed by atoms with Crippen LogP contribution in [0.5, 0.6) is 0 Å². The van der Waals surface area contributed by atoms with Crippen LogP contribution in [0.3, 0.4) is 0 Å². The number of hydrogen-bond donors (Lipinski definition) is 2. The molecule has 1 fully saturated rings. The standard InChI is InChI=1S/C16H22N2O4.ClH/c1-10-3-4-12(9-13(10)16(20)21-2)18-15(19)14(17)11-5-7-22-8-6-11;/h3-4,9,11,14H,5-8,17H2,1-2H3,(H,18,19);1H. The summed E-state index contributed by atoms with van der Waals surface area (Å²) in [5, 5.41) is 2.77. The van der Waals surface area contributed by atoms with Crippen molar-refractivity contribution < 1.29 is 19.1 Å². The lowest BCUT2D eigenvalue weighted by Crippen LogP contribution is -2.44. The van der Waals surface area contributed by atoms with E-state index in [0.717, 1.165) is 18.4 Å². The zero-order valence-electron chi connectivity index (χ0n) is 13.3. The lowest BCUT2D eigenvalue weighted by Gasteiger charge is -2.26. The molecule has 1 heterocycles. The van der Waals surface area contributed by atoms with Crippen LogP contribution in [0.25, 0.3) is 0 Å². The molecule has 2 rings (SSSR count). The number of halogens is 1. The lowest BCUT2D eigenvalue weighted by molar-refractivity contribution is -0.119. The fraction of sp³-hybridized carbons (Fsp3) is 0.500. The second kappa shape index (κ2) is 8.86. The summed E-state index contributed by atoms with van der Waals surface area (Å²) in [7, 11) is 1.33. The minimum absolute atomic E-state index is 0. The molecule has 23 heavy (non-hydrogen) atoms.